The van der Waals surface area contributed by atoms with Gasteiger partial charge < -0.3 is 10.2 Å². The van der Waals surface area contributed by atoms with Crippen LogP contribution in [-0.2, 0) is 14.8 Å². The maximum atomic E-state index is 13.4. The van der Waals surface area contributed by atoms with Crippen molar-refractivity contribution in [3.8, 4) is 11.1 Å². The molecule has 2 unspecified atom stereocenters. The van der Waals surface area contributed by atoms with Gasteiger partial charge in [-0.05, 0) is 59.5 Å². The van der Waals surface area contributed by atoms with E-state index in [9.17, 15) is 18.0 Å². The van der Waals surface area contributed by atoms with E-state index < -0.39 is 28.0 Å². The fourth-order valence-electron chi connectivity index (χ4n) is 4.30. The molecule has 1 fully saturated rings. The van der Waals surface area contributed by atoms with E-state index in [2.05, 4.69) is 10.0 Å². The summed E-state index contributed by atoms with van der Waals surface area (Å²) in [5.74, 6) is -0.677. The molecule has 2 aromatic carbocycles. The summed E-state index contributed by atoms with van der Waals surface area (Å²) >= 11 is 2.76. The summed E-state index contributed by atoms with van der Waals surface area (Å²) in [5.41, 5.74) is 2.68. The minimum Gasteiger partial charge on any atom is -0.325 e. The van der Waals surface area contributed by atoms with E-state index in [-0.39, 0.29) is 10.1 Å². The Hall–Kier alpha value is -2.66. The Morgan fingerprint density at radius 3 is 2.55 bits per heavy atom. The van der Waals surface area contributed by atoms with Crippen LogP contribution in [0.2, 0.25) is 0 Å². The fraction of sp³-hybridized carbons (Fsp3) is 0.217. The van der Waals surface area contributed by atoms with E-state index in [0.29, 0.717) is 24.2 Å². The molecule has 0 bridgehead atoms. The Bertz CT molecular complexity index is 1320. The van der Waals surface area contributed by atoms with Gasteiger partial charge in [-0.3, -0.25) is 9.59 Å². The van der Waals surface area contributed by atoms with E-state index in [0.717, 1.165) is 27.4 Å². The quantitative estimate of drug-likeness (QED) is 0.523. The number of anilines is 1. The number of thioether (sulfide) groups is 1. The van der Waals surface area contributed by atoms with Gasteiger partial charge in [0.1, 0.15) is 10.3 Å². The van der Waals surface area contributed by atoms with Crippen molar-refractivity contribution in [3.05, 3.63) is 65.5 Å². The second-order valence-corrected chi connectivity index (χ2v) is 11.6. The first kappa shape index (κ1) is 22.1. The van der Waals surface area contributed by atoms with Gasteiger partial charge in [-0.25, -0.2) is 13.1 Å². The lowest BCUT2D eigenvalue weighted by atomic mass is 10.0. The van der Waals surface area contributed by atoms with Gasteiger partial charge >= 0.3 is 0 Å². The number of hydrogen-bond acceptors (Lipinski definition) is 6. The van der Waals surface area contributed by atoms with Gasteiger partial charge in [-0.1, -0.05) is 24.3 Å². The molecule has 1 aromatic heterocycles. The number of amides is 2. The minimum atomic E-state index is -3.77. The van der Waals surface area contributed by atoms with Gasteiger partial charge in [0.05, 0.1) is 17.3 Å². The molecule has 0 spiro atoms. The van der Waals surface area contributed by atoms with Gasteiger partial charge in [-0.2, -0.15) is 0 Å². The Kier molecular flexibility index (Phi) is 5.77. The van der Waals surface area contributed by atoms with E-state index in [4.69, 9.17) is 0 Å². The van der Waals surface area contributed by atoms with E-state index in [1.54, 1.807) is 35.3 Å². The third-order valence-electron chi connectivity index (χ3n) is 5.93. The van der Waals surface area contributed by atoms with Gasteiger partial charge in [0, 0.05) is 11.4 Å². The van der Waals surface area contributed by atoms with Crippen molar-refractivity contribution < 1.29 is 18.0 Å². The van der Waals surface area contributed by atoms with Crippen LogP contribution in [0.4, 0.5) is 5.69 Å². The molecular weight excluding hydrogens is 478 g/mol. The van der Waals surface area contributed by atoms with Crippen molar-refractivity contribution in [1.29, 1.82) is 0 Å². The standard InChI is InChI=1S/C23H21N3O4S3/c1-31-16-7-4-14(5-8-16)15-6-9-18-17(13-15)23(28)26-11-10-19(21(26)22(27)24-18)25-33(29,30)20-3-2-12-32-20/h2-9,12-13,19,21,25H,10-11H2,1H3,(H,24,27). The maximum absolute atomic E-state index is 13.4. The van der Waals surface area contributed by atoms with E-state index in [1.165, 1.54) is 11.0 Å². The van der Waals surface area contributed by atoms with Crippen LogP contribution in [0.25, 0.3) is 11.1 Å². The number of benzene rings is 2. The molecular formula is C23H21N3O4S3. The molecule has 10 heteroatoms. The number of fused-ring (bicyclic) bond motifs is 2. The summed E-state index contributed by atoms with van der Waals surface area (Å²) in [4.78, 5) is 29.1. The van der Waals surface area contributed by atoms with Crippen LogP contribution in [0, 0.1) is 0 Å². The molecule has 2 amide bonds. The van der Waals surface area contributed by atoms with Gasteiger partial charge in [0.25, 0.3) is 5.91 Å². The molecule has 3 heterocycles. The third kappa shape index (κ3) is 4.08. The highest BCUT2D eigenvalue weighted by Gasteiger charge is 2.46. The summed E-state index contributed by atoms with van der Waals surface area (Å²) in [5, 5.41) is 4.52. The molecule has 33 heavy (non-hydrogen) atoms. The zero-order chi connectivity index (χ0) is 23.2. The Labute approximate surface area is 200 Å². The predicted octanol–water partition coefficient (Wildman–Crippen LogP) is 3.65. The molecule has 0 saturated carbocycles. The molecule has 2 aliphatic rings. The molecule has 0 radical (unpaired) electrons. The lowest BCUT2D eigenvalue weighted by Gasteiger charge is -2.24. The molecule has 170 valence electrons. The molecule has 2 aliphatic heterocycles. The molecule has 2 N–H and O–H groups in total. The number of nitrogens with one attached hydrogen (secondary N) is 2. The Balaban J connectivity index is 1.44. The van der Waals surface area contributed by atoms with Crippen LogP contribution in [0.3, 0.4) is 0 Å². The zero-order valence-electron chi connectivity index (χ0n) is 17.6. The second-order valence-electron chi connectivity index (χ2n) is 7.87. The number of thiophene rings is 1. The number of hydrogen-bond donors (Lipinski definition) is 2. The van der Waals surface area contributed by atoms with Crippen molar-refractivity contribution in [2.24, 2.45) is 0 Å². The number of carbonyl (C=O) groups excluding carboxylic acids is 2. The first-order valence-electron chi connectivity index (χ1n) is 10.3. The van der Waals surface area contributed by atoms with Crippen LogP contribution >= 0.6 is 23.1 Å². The zero-order valence-corrected chi connectivity index (χ0v) is 20.1. The molecule has 5 rings (SSSR count). The monoisotopic (exact) mass is 499 g/mol. The van der Waals surface area contributed by atoms with Crippen LogP contribution in [0.15, 0.2) is 69.1 Å². The average molecular weight is 500 g/mol. The van der Waals surface area contributed by atoms with Crippen LogP contribution in [0.5, 0.6) is 0 Å². The van der Waals surface area contributed by atoms with Crippen molar-refractivity contribution >= 4 is 50.6 Å². The van der Waals surface area contributed by atoms with Crippen molar-refractivity contribution in [3.63, 3.8) is 0 Å². The third-order valence-corrected chi connectivity index (χ3v) is 9.56. The summed E-state index contributed by atoms with van der Waals surface area (Å²) in [6.45, 7) is 0.292. The molecule has 7 nitrogen and oxygen atoms in total. The number of carbonyl (C=O) groups is 2. The van der Waals surface area contributed by atoms with Crippen molar-refractivity contribution in [2.45, 2.75) is 27.6 Å². The van der Waals surface area contributed by atoms with Gasteiger partial charge in [0.15, 0.2) is 0 Å². The van der Waals surface area contributed by atoms with E-state index in [1.807, 2.05) is 36.6 Å². The first-order chi connectivity index (χ1) is 15.9. The molecule has 2 atom stereocenters. The minimum absolute atomic E-state index is 0.182. The molecule has 3 aromatic rings. The molecule has 1 saturated heterocycles. The van der Waals surface area contributed by atoms with Crippen molar-refractivity contribution in [1.82, 2.24) is 9.62 Å². The van der Waals surface area contributed by atoms with E-state index >= 15 is 0 Å². The van der Waals surface area contributed by atoms with Gasteiger partial charge in [-0.15, -0.1) is 23.1 Å². The van der Waals surface area contributed by atoms with Crippen LogP contribution in [0.1, 0.15) is 16.8 Å². The van der Waals surface area contributed by atoms with Gasteiger partial charge in [0.2, 0.25) is 15.9 Å². The maximum Gasteiger partial charge on any atom is 0.256 e. The number of rotatable bonds is 5. The number of sulfonamides is 1. The highest BCUT2D eigenvalue weighted by Crippen LogP contribution is 2.33. The SMILES string of the molecule is CSc1ccc(-c2ccc3c(c2)C(=O)N2CCC(NS(=O)(=O)c4cccs4)C2C(=O)N3)cc1. The predicted molar refractivity (Wildman–Crippen MR) is 130 cm³/mol. The summed E-state index contributed by atoms with van der Waals surface area (Å²) in [7, 11) is -3.77. The second kappa shape index (κ2) is 8.60. The van der Waals surface area contributed by atoms with Crippen LogP contribution < -0.4 is 10.0 Å². The first-order valence-corrected chi connectivity index (χ1v) is 13.9. The van der Waals surface area contributed by atoms with Crippen LogP contribution in [-0.4, -0.2) is 50.0 Å². The lowest BCUT2D eigenvalue weighted by Crippen LogP contribution is -2.51. The Morgan fingerprint density at radius 1 is 1.09 bits per heavy atom. The smallest absolute Gasteiger partial charge is 0.256 e. The highest BCUT2D eigenvalue weighted by atomic mass is 32.2. The molecule has 0 aliphatic carbocycles. The fourth-order valence-corrected chi connectivity index (χ4v) is 6.99. The number of nitrogens with zero attached hydrogens (tertiary/aromatic N) is 1. The van der Waals surface area contributed by atoms with Crippen molar-refractivity contribution in [2.75, 3.05) is 18.1 Å². The largest absolute Gasteiger partial charge is 0.325 e. The highest BCUT2D eigenvalue weighted by molar-refractivity contribution is 7.98. The topological polar surface area (TPSA) is 95.6 Å². The summed E-state index contributed by atoms with van der Waals surface area (Å²) in [6, 6.07) is 15.0. The lowest BCUT2D eigenvalue weighted by molar-refractivity contribution is -0.120. The summed E-state index contributed by atoms with van der Waals surface area (Å²) in [6.07, 6.45) is 2.37. The Morgan fingerprint density at radius 2 is 1.85 bits per heavy atom. The average Bonchev–Trinajstić information content (AvgIpc) is 3.48. The normalized spacial score (nSPS) is 20.2. The summed E-state index contributed by atoms with van der Waals surface area (Å²) < 4.78 is 28.3.